The van der Waals surface area contributed by atoms with Crippen LogP contribution in [0, 0.1) is 5.92 Å². The number of benzene rings is 2. The van der Waals surface area contributed by atoms with Gasteiger partial charge in [0.25, 0.3) is 0 Å². The average Bonchev–Trinajstić information content (AvgIpc) is 3.37. The van der Waals surface area contributed by atoms with Crippen LogP contribution in [0.4, 0.5) is 5.69 Å². The number of sulfonamides is 1. The van der Waals surface area contributed by atoms with Crippen LogP contribution in [0.25, 0.3) is 0 Å². The highest BCUT2D eigenvalue weighted by Gasteiger charge is 2.34. The van der Waals surface area contributed by atoms with Gasteiger partial charge in [-0.25, -0.2) is 8.42 Å². The quantitative estimate of drug-likeness (QED) is 0.614. The molecule has 1 unspecified atom stereocenters. The van der Waals surface area contributed by atoms with Gasteiger partial charge in [-0.2, -0.15) is 4.31 Å². The van der Waals surface area contributed by atoms with Gasteiger partial charge in [-0.15, -0.1) is 0 Å². The topological polar surface area (TPSA) is 86.8 Å². The zero-order valence-corrected chi connectivity index (χ0v) is 21.0. The van der Waals surface area contributed by atoms with Gasteiger partial charge in [0, 0.05) is 36.9 Å². The first-order valence-electron chi connectivity index (χ1n) is 11.4. The number of piperidine rings is 1. The summed E-state index contributed by atoms with van der Waals surface area (Å²) in [6.45, 7) is 2.03. The van der Waals surface area contributed by atoms with E-state index in [2.05, 4.69) is 5.32 Å². The summed E-state index contributed by atoms with van der Waals surface area (Å²) in [7, 11) is -3.88. The highest BCUT2D eigenvalue weighted by molar-refractivity contribution is 7.89. The van der Waals surface area contributed by atoms with Crippen molar-refractivity contribution < 1.29 is 18.0 Å². The number of likely N-dealkylation sites (tertiary alicyclic amines) is 1. The summed E-state index contributed by atoms with van der Waals surface area (Å²) in [6.07, 6.45) is 3.61. The van der Waals surface area contributed by atoms with Crippen LogP contribution in [0.3, 0.4) is 0 Å². The summed E-state index contributed by atoms with van der Waals surface area (Å²) in [6, 6.07) is 11.5. The Morgan fingerprint density at radius 3 is 2.38 bits per heavy atom. The third-order valence-electron chi connectivity index (χ3n) is 6.30. The molecule has 2 aliphatic rings. The first-order chi connectivity index (χ1) is 16.2. The SMILES string of the molecule is O=C(Nc1ccc(CC(=O)N2CCCC2)cc1)C1CCCN(S(=O)(=O)c2cc(Cl)ccc2Cl)C1. The van der Waals surface area contributed by atoms with E-state index in [1.165, 1.54) is 22.5 Å². The molecule has 2 fully saturated rings. The van der Waals surface area contributed by atoms with Crippen molar-refractivity contribution in [2.24, 2.45) is 5.92 Å². The maximum atomic E-state index is 13.1. The van der Waals surface area contributed by atoms with Crippen molar-refractivity contribution in [2.75, 3.05) is 31.5 Å². The molecule has 0 spiro atoms. The van der Waals surface area contributed by atoms with Gasteiger partial charge in [0.1, 0.15) is 4.90 Å². The van der Waals surface area contributed by atoms with Crippen molar-refractivity contribution >= 4 is 50.7 Å². The van der Waals surface area contributed by atoms with Crippen LogP contribution in [0.2, 0.25) is 10.0 Å². The van der Waals surface area contributed by atoms with Crippen molar-refractivity contribution in [2.45, 2.75) is 37.0 Å². The minimum atomic E-state index is -3.88. The zero-order valence-electron chi connectivity index (χ0n) is 18.7. The number of carbonyl (C=O) groups excluding carboxylic acids is 2. The predicted molar refractivity (Wildman–Crippen MR) is 133 cm³/mol. The number of hydrogen-bond donors (Lipinski definition) is 1. The van der Waals surface area contributed by atoms with Crippen molar-refractivity contribution in [3.05, 3.63) is 58.1 Å². The fraction of sp³-hybridized carbons (Fsp3) is 0.417. The Morgan fingerprint density at radius 1 is 0.971 bits per heavy atom. The zero-order chi connectivity index (χ0) is 24.3. The van der Waals surface area contributed by atoms with E-state index in [1.807, 2.05) is 17.0 Å². The molecule has 10 heteroatoms. The second-order valence-corrected chi connectivity index (χ2v) is 11.5. The van der Waals surface area contributed by atoms with E-state index >= 15 is 0 Å². The molecule has 2 saturated heterocycles. The lowest BCUT2D eigenvalue weighted by molar-refractivity contribution is -0.129. The lowest BCUT2D eigenvalue weighted by Crippen LogP contribution is -2.43. The fourth-order valence-electron chi connectivity index (χ4n) is 4.39. The molecular formula is C24H27Cl2N3O4S. The van der Waals surface area contributed by atoms with Crippen LogP contribution in [0.15, 0.2) is 47.4 Å². The molecule has 1 atom stereocenters. The minimum Gasteiger partial charge on any atom is -0.342 e. The standard InChI is InChI=1S/C24H27Cl2N3O4S/c25-19-7-10-21(26)22(15-19)34(32,33)29-13-3-4-18(16-29)24(31)27-20-8-5-17(6-9-20)14-23(30)28-11-1-2-12-28/h5-10,15,18H,1-4,11-14,16H2,(H,27,31). The number of nitrogens with one attached hydrogen (secondary N) is 1. The summed E-state index contributed by atoms with van der Waals surface area (Å²) in [4.78, 5) is 27.0. The summed E-state index contributed by atoms with van der Waals surface area (Å²) < 4.78 is 27.6. The molecule has 0 aromatic heterocycles. The summed E-state index contributed by atoms with van der Waals surface area (Å²) in [5.41, 5.74) is 1.50. The van der Waals surface area contributed by atoms with Crippen LogP contribution in [-0.4, -0.2) is 55.6 Å². The average molecular weight is 524 g/mol. The predicted octanol–water partition coefficient (Wildman–Crippen LogP) is 4.20. The van der Waals surface area contributed by atoms with E-state index in [0.717, 1.165) is 31.5 Å². The Labute approximate surface area is 210 Å². The molecule has 0 aliphatic carbocycles. The Kier molecular flexibility index (Phi) is 7.82. The molecule has 2 aromatic carbocycles. The van der Waals surface area contributed by atoms with Gasteiger partial charge < -0.3 is 10.2 Å². The Bertz CT molecular complexity index is 1170. The van der Waals surface area contributed by atoms with E-state index < -0.39 is 15.9 Å². The molecule has 2 heterocycles. The lowest BCUT2D eigenvalue weighted by Gasteiger charge is -2.31. The molecule has 2 amide bonds. The molecule has 0 bridgehead atoms. The number of nitrogens with zero attached hydrogens (tertiary/aromatic N) is 2. The van der Waals surface area contributed by atoms with Gasteiger partial charge >= 0.3 is 0 Å². The first-order valence-corrected chi connectivity index (χ1v) is 13.6. The smallest absolute Gasteiger partial charge is 0.244 e. The first kappa shape index (κ1) is 25.0. The number of anilines is 1. The van der Waals surface area contributed by atoms with E-state index in [9.17, 15) is 18.0 Å². The molecule has 0 saturated carbocycles. The van der Waals surface area contributed by atoms with Gasteiger partial charge in [0.05, 0.1) is 17.4 Å². The molecule has 7 nitrogen and oxygen atoms in total. The van der Waals surface area contributed by atoms with E-state index in [1.54, 1.807) is 12.1 Å². The minimum absolute atomic E-state index is 0.0539. The monoisotopic (exact) mass is 523 g/mol. The van der Waals surface area contributed by atoms with Crippen molar-refractivity contribution in [1.29, 1.82) is 0 Å². The Morgan fingerprint density at radius 2 is 1.68 bits per heavy atom. The maximum Gasteiger partial charge on any atom is 0.244 e. The van der Waals surface area contributed by atoms with Crippen LogP contribution in [0.5, 0.6) is 0 Å². The van der Waals surface area contributed by atoms with Gasteiger partial charge in [-0.05, 0) is 61.6 Å². The van der Waals surface area contributed by atoms with Crippen molar-refractivity contribution in [3.63, 3.8) is 0 Å². The molecule has 34 heavy (non-hydrogen) atoms. The maximum absolute atomic E-state index is 13.1. The Balaban J connectivity index is 1.37. The van der Waals surface area contributed by atoms with Gasteiger partial charge in [-0.1, -0.05) is 35.3 Å². The van der Waals surface area contributed by atoms with E-state index in [4.69, 9.17) is 23.2 Å². The van der Waals surface area contributed by atoms with Gasteiger partial charge in [-0.3, -0.25) is 9.59 Å². The third kappa shape index (κ3) is 5.74. The van der Waals surface area contributed by atoms with E-state index in [-0.39, 0.29) is 33.3 Å². The Hall–Kier alpha value is -2.13. The number of hydrogen-bond acceptors (Lipinski definition) is 4. The van der Waals surface area contributed by atoms with Crippen LogP contribution in [0.1, 0.15) is 31.2 Å². The summed E-state index contributed by atoms with van der Waals surface area (Å²) in [5, 5.41) is 3.25. The highest BCUT2D eigenvalue weighted by Crippen LogP contribution is 2.30. The largest absolute Gasteiger partial charge is 0.342 e. The molecular weight excluding hydrogens is 497 g/mol. The lowest BCUT2D eigenvalue weighted by atomic mass is 9.98. The molecule has 2 aliphatic heterocycles. The van der Waals surface area contributed by atoms with Crippen LogP contribution < -0.4 is 5.32 Å². The van der Waals surface area contributed by atoms with Crippen LogP contribution in [-0.2, 0) is 26.0 Å². The van der Waals surface area contributed by atoms with Gasteiger partial charge in [0.2, 0.25) is 21.8 Å². The second-order valence-electron chi connectivity index (χ2n) is 8.73. The van der Waals surface area contributed by atoms with Gasteiger partial charge in [0.15, 0.2) is 0 Å². The van der Waals surface area contributed by atoms with Crippen LogP contribution >= 0.6 is 23.2 Å². The summed E-state index contributed by atoms with van der Waals surface area (Å²) >= 11 is 12.1. The number of rotatable bonds is 6. The van der Waals surface area contributed by atoms with E-state index in [0.29, 0.717) is 31.5 Å². The third-order valence-corrected chi connectivity index (χ3v) is 8.88. The summed E-state index contributed by atoms with van der Waals surface area (Å²) in [5.74, 6) is -0.603. The highest BCUT2D eigenvalue weighted by atomic mass is 35.5. The normalized spacial score (nSPS) is 19.2. The van der Waals surface area contributed by atoms with Crippen molar-refractivity contribution in [3.8, 4) is 0 Å². The molecule has 2 aromatic rings. The molecule has 182 valence electrons. The molecule has 4 rings (SSSR count). The van der Waals surface area contributed by atoms with Crippen molar-refractivity contribution in [1.82, 2.24) is 9.21 Å². The number of carbonyl (C=O) groups is 2. The number of halogens is 2. The molecule has 0 radical (unpaired) electrons. The molecule has 1 N–H and O–H groups in total. The second kappa shape index (κ2) is 10.6. The fourth-order valence-corrected chi connectivity index (χ4v) is 6.65. The number of amides is 2.